The van der Waals surface area contributed by atoms with Crippen LogP contribution in [0, 0.1) is 11.8 Å². The predicted octanol–water partition coefficient (Wildman–Crippen LogP) is 8.20. The molecule has 8 nitrogen and oxygen atoms in total. The van der Waals surface area contributed by atoms with Crippen LogP contribution in [0.3, 0.4) is 0 Å². The molecule has 3 fully saturated rings. The number of carbonyl (C=O) groups excluding carboxylic acids is 2. The number of aromatic nitrogens is 4. The van der Waals surface area contributed by atoms with Gasteiger partial charge in [-0.1, -0.05) is 69.3 Å². The van der Waals surface area contributed by atoms with Gasteiger partial charge in [-0.3, -0.25) is 9.59 Å². The Morgan fingerprint density at radius 3 is 2.04 bits per heavy atom. The molecule has 3 aliphatic rings. The molecule has 0 saturated carbocycles. The van der Waals surface area contributed by atoms with E-state index in [9.17, 15) is 9.59 Å². The number of hydrogen-bond donors (Lipinski definition) is 5. The van der Waals surface area contributed by atoms with E-state index >= 15 is 0 Å². The molecule has 4 aromatic rings. The third kappa shape index (κ3) is 6.54. The van der Waals surface area contributed by atoms with Crippen LogP contribution in [-0.4, -0.2) is 69.5 Å². The Morgan fingerprint density at radius 2 is 1.44 bits per heavy atom. The van der Waals surface area contributed by atoms with Crippen LogP contribution in [0.4, 0.5) is 0 Å². The second-order valence-corrected chi connectivity index (χ2v) is 17.5. The highest BCUT2D eigenvalue weighted by atomic mass is 32.1. The number of H-pyrrole nitrogens is 2. The molecule has 2 aromatic heterocycles. The molecule has 3 aliphatic heterocycles. The van der Waals surface area contributed by atoms with Crippen molar-refractivity contribution in [1.82, 2.24) is 29.7 Å². The Labute approximate surface area is 311 Å². The first-order chi connectivity index (χ1) is 23.9. The summed E-state index contributed by atoms with van der Waals surface area (Å²) in [6, 6.07) is 16.9. The molecule has 5 heterocycles. The summed E-state index contributed by atoms with van der Waals surface area (Å²) in [5, 5.41) is 0.0728. The average molecular weight is 729 g/mol. The number of rotatable bonds is 7. The van der Waals surface area contributed by atoms with Crippen molar-refractivity contribution in [2.75, 3.05) is 13.1 Å². The van der Waals surface area contributed by atoms with Crippen molar-refractivity contribution in [1.29, 1.82) is 0 Å². The lowest BCUT2D eigenvalue weighted by atomic mass is 9.90. The van der Waals surface area contributed by atoms with Crippen LogP contribution in [0.25, 0.3) is 33.6 Å². The van der Waals surface area contributed by atoms with E-state index in [2.05, 4.69) is 58.5 Å². The first kappa shape index (κ1) is 35.3. The molecule has 7 rings (SSSR count). The van der Waals surface area contributed by atoms with Crippen molar-refractivity contribution in [2.24, 2.45) is 11.8 Å². The van der Waals surface area contributed by atoms with Crippen molar-refractivity contribution >= 4 is 49.7 Å². The zero-order valence-corrected chi connectivity index (χ0v) is 31.9. The number of piperidine rings is 1. The van der Waals surface area contributed by atoms with E-state index in [1.165, 1.54) is 0 Å². The van der Waals surface area contributed by atoms with Crippen LogP contribution in [0.5, 0.6) is 0 Å². The van der Waals surface area contributed by atoms with Gasteiger partial charge in [0.1, 0.15) is 11.6 Å². The summed E-state index contributed by atoms with van der Waals surface area (Å²) in [5.74, 6) is 2.13. The van der Waals surface area contributed by atoms with Crippen molar-refractivity contribution < 1.29 is 9.59 Å². The largest absolute Gasteiger partial charge is 0.342 e. The van der Waals surface area contributed by atoms with E-state index in [1.54, 1.807) is 0 Å². The van der Waals surface area contributed by atoms with E-state index in [0.29, 0.717) is 6.54 Å². The van der Waals surface area contributed by atoms with Crippen LogP contribution >= 0.6 is 37.9 Å². The quantitative estimate of drug-likeness (QED) is 0.124. The fourth-order valence-corrected chi connectivity index (χ4v) is 8.52. The zero-order chi connectivity index (χ0) is 35.4. The fraction of sp³-hybridized carbons (Fsp3) is 0.487. The number of thiol groups is 3. The number of aromatic amines is 2. The van der Waals surface area contributed by atoms with Gasteiger partial charge in [-0.25, -0.2) is 9.97 Å². The number of benzene rings is 2. The molecule has 6 atom stereocenters. The normalized spacial score (nSPS) is 26.9. The molecule has 0 spiro atoms. The van der Waals surface area contributed by atoms with E-state index in [4.69, 9.17) is 47.9 Å². The number of carbonyl (C=O) groups is 2. The maximum Gasteiger partial charge on any atom is 0.239 e. The topological polar surface area (TPSA) is 98.0 Å². The van der Waals surface area contributed by atoms with Gasteiger partial charge in [0, 0.05) is 30.2 Å². The van der Waals surface area contributed by atoms with E-state index in [-0.39, 0.29) is 40.9 Å². The van der Waals surface area contributed by atoms with Gasteiger partial charge in [0.2, 0.25) is 11.8 Å². The fourth-order valence-electron chi connectivity index (χ4n) is 7.70. The molecular weight excluding hydrogens is 681 g/mol. The Hall–Kier alpha value is -3.15. The molecule has 50 heavy (non-hydrogen) atoms. The summed E-state index contributed by atoms with van der Waals surface area (Å²) < 4.78 is -0.714. The second-order valence-electron chi connectivity index (χ2n) is 15.0. The minimum absolute atomic E-state index is 0.0612. The standard InChI is InChI=1S/C39H48N6O2S3/c1-23(2)38(4,49)37(47)44-19-5-6-32(44)35-41-21-31(43-35)28-13-9-26(10-14-28)25-7-11-27(12-8-25)30-20-40-34(42-30)29-15-17-39(50)18-16-33(48)24(3)36(46)45(39)22-29/h7-14,20-21,23-24,29,32-33,48-50H,5-6,15-19,22H2,1-4H3,(H,40,42)(H,41,43). The third-order valence-electron chi connectivity index (χ3n) is 11.6. The summed E-state index contributed by atoms with van der Waals surface area (Å²) in [4.78, 5) is 46.8. The number of amides is 2. The minimum atomic E-state index is -0.714. The first-order valence-electron chi connectivity index (χ1n) is 17.9. The summed E-state index contributed by atoms with van der Waals surface area (Å²) in [6.45, 7) is 9.34. The number of nitrogens with zero attached hydrogens (tertiary/aromatic N) is 4. The summed E-state index contributed by atoms with van der Waals surface area (Å²) in [7, 11) is 0. The summed E-state index contributed by atoms with van der Waals surface area (Å²) in [6.07, 6.45) is 9.17. The molecule has 2 N–H and O–H groups in total. The van der Waals surface area contributed by atoms with E-state index in [1.807, 2.05) is 49.9 Å². The Kier molecular flexibility index (Phi) is 9.71. The van der Waals surface area contributed by atoms with Gasteiger partial charge in [0.15, 0.2) is 0 Å². The lowest BCUT2D eigenvalue weighted by molar-refractivity contribution is -0.139. The van der Waals surface area contributed by atoms with Gasteiger partial charge in [-0.2, -0.15) is 37.9 Å². The van der Waals surface area contributed by atoms with Crippen molar-refractivity contribution in [3.8, 4) is 33.6 Å². The van der Waals surface area contributed by atoms with Gasteiger partial charge in [0.05, 0.1) is 39.4 Å². The number of fused-ring (bicyclic) bond motifs is 1. The molecule has 6 unspecified atom stereocenters. The predicted molar refractivity (Wildman–Crippen MR) is 210 cm³/mol. The number of nitrogens with one attached hydrogen (secondary N) is 2. The van der Waals surface area contributed by atoms with Gasteiger partial charge in [0.25, 0.3) is 0 Å². The Bertz CT molecular complexity index is 1850. The van der Waals surface area contributed by atoms with Gasteiger partial charge in [-0.05, 0) is 73.6 Å². The molecular formula is C39H48N6O2S3. The van der Waals surface area contributed by atoms with Crippen LogP contribution < -0.4 is 0 Å². The molecule has 264 valence electrons. The highest BCUT2D eigenvalue weighted by Crippen LogP contribution is 2.45. The highest BCUT2D eigenvalue weighted by Gasteiger charge is 2.47. The number of hydrogen-bond acceptors (Lipinski definition) is 7. The molecule has 0 bridgehead atoms. The summed E-state index contributed by atoms with van der Waals surface area (Å²) >= 11 is 14.5. The van der Waals surface area contributed by atoms with Crippen LogP contribution in [-0.2, 0) is 9.59 Å². The van der Waals surface area contributed by atoms with Gasteiger partial charge < -0.3 is 19.8 Å². The average Bonchev–Trinajstić information content (AvgIpc) is 3.91. The van der Waals surface area contributed by atoms with Crippen LogP contribution in [0.1, 0.15) is 89.8 Å². The minimum Gasteiger partial charge on any atom is -0.342 e. The van der Waals surface area contributed by atoms with Crippen molar-refractivity contribution in [3.05, 3.63) is 72.6 Å². The molecule has 0 radical (unpaired) electrons. The molecule has 0 aliphatic carbocycles. The Balaban J connectivity index is 1.01. The number of imidazole rings is 2. The van der Waals surface area contributed by atoms with Crippen LogP contribution in [0.2, 0.25) is 0 Å². The van der Waals surface area contributed by atoms with Crippen molar-refractivity contribution in [2.45, 2.75) is 93.0 Å². The monoisotopic (exact) mass is 728 g/mol. The lowest BCUT2D eigenvalue weighted by Gasteiger charge is -2.46. The number of likely N-dealkylation sites (tertiary alicyclic amines) is 1. The van der Waals surface area contributed by atoms with E-state index in [0.717, 1.165) is 90.4 Å². The molecule has 3 saturated heterocycles. The second kappa shape index (κ2) is 13.8. The lowest BCUT2D eigenvalue weighted by Crippen LogP contribution is -2.53. The van der Waals surface area contributed by atoms with Crippen molar-refractivity contribution in [3.63, 3.8) is 0 Å². The smallest absolute Gasteiger partial charge is 0.239 e. The highest BCUT2D eigenvalue weighted by molar-refractivity contribution is 7.82. The maximum absolute atomic E-state index is 13.4. The SMILES string of the molecule is CC1C(=O)N2CC(c3ncc(-c4ccc(-c5ccc(-c6cnc(C7CCCN7C(=O)C(C)(S)C(C)C)[nH]6)cc5)cc4)[nH]3)CCC2(S)CCC1S. The summed E-state index contributed by atoms with van der Waals surface area (Å²) in [5.41, 5.74) is 6.27. The van der Waals surface area contributed by atoms with Gasteiger partial charge in [-0.15, -0.1) is 0 Å². The zero-order valence-electron chi connectivity index (χ0n) is 29.3. The Morgan fingerprint density at radius 1 is 0.900 bits per heavy atom. The molecule has 2 amide bonds. The van der Waals surface area contributed by atoms with Gasteiger partial charge >= 0.3 is 0 Å². The van der Waals surface area contributed by atoms with E-state index < -0.39 is 9.62 Å². The maximum atomic E-state index is 13.4. The van der Waals surface area contributed by atoms with Crippen LogP contribution in [0.15, 0.2) is 60.9 Å². The third-order valence-corrected chi connectivity index (χ3v) is 13.7. The first-order valence-corrected chi connectivity index (χ1v) is 19.3. The molecule has 2 aromatic carbocycles. The molecule has 11 heteroatoms.